The SMILES string of the molecule is C#CCCCCSCCNC(=O)CCNC(=O)[C@H](O)C(C)(C)COP(=O)(O)OP(=O)(O)OC[C@H]1O[C@@H](n2cnc3c(N)ncnc32)[C@H](O)[C@@H]1OP(=O)(O)O. The molecule has 3 rings (SSSR count). The van der Waals surface area contributed by atoms with Crippen molar-refractivity contribution in [1.82, 2.24) is 30.2 Å². The predicted molar refractivity (Wildman–Crippen MR) is 190 cm³/mol. The van der Waals surface area contributed by atoms with Gasteiger partial charge in [-0.25, -0.2) is 28.6 Å². The Balaban J connectivity index is 1.49. The van der Waals surface area contributed by atoms with E-state index in [2.05, 4.69) is 40.3 Å². The lowest BCUT2D eigenvalue weighted by Gasteiger charge is -2.30. The molecule has 7 atom stereocenters. The summed E-state index contributed by atoms with van der Waals surface area (Å²) in [5.41, 5.74) is 4.31. The highest BCUT2D eigenvalue weighted by atomic mass is 32.2. The highest BCUT2D eigenvalue weighted by Gasteiger charge is 2.50. The van der Waals surface area contributed by atoms with Gasteiger partial charge in [-0.05, 0) is 18.6 Å². The monoisotopic (exact) mass is 847 g/mol. The number of fused-ring (bicyclic) bond motifs is 1. The highest BCUT2D eigenvalue weighted by molar-refractivity contribution is 7.99. The fraction of sp³-hybridized carbons (Fsp3) is 0.667. The first kappa shape index (κ1) is 45.8. The minimum absolute atomic E-state index is 0.0365. The molecule has 2 aromatic rings. The summed E-state index contributed by atoms with van der Waals surface area (Å²) in [5.74, 6) is 2.88. The number of carbonyl (C=O) groups excluding carboxylic acids is 2. The number of nitrogens with one attached hydrogen (secondary N) is 2. The number of nitrogens with zero attached hydrogens (tertiary/aromatic N) is 4. The summed E-state index contributed by atoms with van der Waals surface area (Å²) in [6, 6.07) is 0. The largest absolute Gasteiger partial charge is 0.481 e. The molecule has 0 saturated carbocycles. The molecule has 2 aromatic heterocycles. The van der Waals surface area contributed by atoms with E-state index in [0.717, 1.165) is 42.2 Å². The molecule has 0 bridgehead atoms. The second-order valence-corrected chi connectivity index (χ2v) is 17.8. The Labute approximate surface area is 313 Å². The summed E-state index contributed by atoms with van der Waals surface area (Å²) in [5, 5.41) is 26.5. The van der Waals surface area contributed by atoms with Crippen molar-refractivity contribution in [3.8, 4) is 12.3 Å². The van der Waals surface area contributed by atoms with Crippen LogP contribution in [-0.4, -0.2) is 123 Å². The number of rotatable bonds is 23. The van der Waals surface area contributed by atoms with Gasteiger partial charge in [-0.2, -0.15) is 16.1 Å². The van der Waals surface area contributed by atoms with Gasteiger partial charge < -0.3 is 50.9 Å². The van der Waals surface area contributed by atoms with Gasteiger partial charge in [-0.1, -0.05) is 13.8 Å². The van der Waals surface area contributed by atoms with Crippen molar-refractivity contribution in [3.05, 3.63) is 12.7 Å². The fourth-order valence-corrected chi connectivity index (χ4v) is 8.42. The number of hydrogen-bond donors (Lipinski definition) is 9. The second kappa shape index (κ2) is 20.0. The van der Waals surface area contributed by atoms with Crippen LogP contribution in [0.15, 0.2) is 12.7 Å². The molecule has 2 unspecified atom stereocenters. The Hall–Kier alpha value is -2.55. The number of phosphoric acid groups is 3. The number of anilines is 1. The van der Waals surface area contributed by atoms with Gasteiger partial charge in [0.15, 0.2) is 17.7 Å². The Morgan fingerprint density at radius 3 is 2.48 bits per heavy atom. The zero-order chi connectivity index (χ0) is 40.3. The molecule has 1 fully saturated rings. The number of aromatic nitrogens is 4. The normalized spacial score (nSPS) is 21.9. The van der Waals surface area contributed by atoms with E-state index in [1.807, 2.05) is 0 Å². The first-order valence-electron chi connectivity index (χ1n) is 16.1. The summed E-state index contributed by atoms with van der Waals surface area (Å²) in [7, 11) is -16.3. The molecule has 0 radical (unpaired) electrons. The van der Waals surface area contributed by atoms with E-state index in [1.54, 1.807) is 11.8 Å². The molecular formula is C27H44N7O16P3S. The van der Waals surface area contributed by atoms with E-state index in [0.29, 0.717) is 12.3 Å². The zero-order valence-electron chi connectivity index (χ0n) is 29.1. The number of amides is 2. The maximum Gasteiger partial charge on any atom is 0.481 e. The molecule has 0 aliphatic carbocycles. The number of nitrogens with two attached hydrogens (primary N) is 1. The number of phosphoric ester groups is 3. The molecule has 23 nitrogen and oxygen atoms in total. The average Bonchev–Trinajstić information content (AvgIpc) is 3.63. The highest BCUT2D eigenvalue weighted by Crippen LogP contribution is 2.61. The number of ether oxygens (including phenoxy) is 1. The third kappa shape index (κ3) is 14.2. The summed E-state index contributed by atoms with van der Waals surface area (Å²) in [4.78, 5) is 75.5. The predicted octanol–water partition coefficient (Wildman–Crippen LogP) is -0.0584. The van der Waals surface area contributed by atoms with Crippen molar-refractivity contribution in [2.45, 2.75) is 70.2 Å². The smallest absolute Gasteiger partial charge is 0.386 e. The summed E-state index contributed by atoms with van der Waals surface area (Å²) < 4.78 is 62.1. The van der Waals surface area contributed by atoms with E-state index in [-0.39, 0.29) is 35.9 Å². The number of nitrogen functional groups attached to an aromatic ring is 1. The van der Waals surface area contributed by atoms with E-state index in [4.69, 9.17) is 25.9 Å². The van der Waals surface area contributed by atoms with Crippen LogP contribution in [0.4, 0.5) is 5.82 Å². The summed E-state index contributed by atoms with van der Waals surface area (Å²) >= 11 is 1.67. The Bertz CT molecular complexity index is 1770. The van der Waals surface area contributed by atoms with E-state index < -0.39 is 78.6 Å². The average molecular weight is 848 g/mol. The molecule has 1 aliphatic heterocycles. The van der Waals surface area contributed by atoms with Crippen LogP contribution in [0.25, 0.3) is 11.2 Å². The van der Waals surface area contributed by atoms with Gasteiger partial charge in [0.05, 0.1) is 19.5 Å². The Morgan fingerprint density at radius 2 is 1.80 bits per heavy atom. The topological polar surface area (TPSA) is 347 Å². The maximum absolute atomic E-state index is 12.7. The van der Waals surface area contributed by atoms with Gasteiger partial charge in [-0.3, -0.25) is 27.7 Å². The van der Waals surface area contributed by atoms with Gasteiger partial charge in [-0.15, -0.1) is 12.3 Å². The van der Waals surface area contributed by atoms with Gasteiger partial charge in [0.25, 0.3) is 0 Å². The lowest BCUT2D eigenvalue weighted by atomic mass is 9.87. The van der Waals surface area contributed by atoms with Crippen LogP contribution in [0.3, 0.4) is 0 Å². The molecule has 304 valence electrons. The van der Waals surface area contributed by atoms with Gasteiger partial charge in [0, 0.05) is 37.1 Å². The van der Waals surface area contributed by atoms with Gasteiger partial charge in [0.2, 0.25) is 11.8 Å². The van der Waals surface area contributed by atoms with Gasteiger partial charge in [0.1, 0.15) is 36.3 Å². The van der Waals surface area contributed by atoms with Crippen LogP contribution < -0.4 is 16.4 Å². The quantitative estimate of drug-likeness (QED) is 0.0402. The maximum atomic E-state index is 12.7. The molecule has 2 amide bonds. The Morgan fingerprint density at radius 1 is 1.09 bits per heavy atom. The van der Waals surface area contributed by atoms with E-state index in [1.165, 1.54) is 13.8 Å². The van der Waals surface area contributed by atoms with Crippen molar-refractivity contribution in [2.24, 2.45) is 5.41 Å². The van der Waals surface area contributed by atoms with Crippen LogP contribution >= 0.6 is 35.2 Å². The molecule has 0 spiro atoms. The van der Waals surface area contributed by atoms with Crippen LogP contribution in [0.5, 0.6) is 0 Å². The first-order chi connectivity index (χ1) is 25.2. The van der Waals surface area contributed by atoms with Crippen molar-refractivity contribution in [2.75, 3.05) is 43.5 Å². The molecule has 27 heteroatoms. The van der Waals surface area contributed by atoms with Crippen molar-refractivity contribution in [1.29, 1.82) is 0 Å². The van der Waals surface area contributed by atoms with Crippen LogP contribution in [0, 0.1) is 17.8 Å². The van der Waals surface area contributed by atoms with Crippen LogP contribution in [-0.2, 0) is 45.9 Å². The Kier molecular flexibility index (Phi) is 17.0. The number of carbonyl (C=O) groups is 2. The first-order valence-corrected chi connectivity index (χ1v) is 21.7. The molecule has 0 aromatic carbocycles. The molecular weight excluding hydrogens is 803 g/mol. The number of terminal acetylenes is 1. The standard InChI is InChI=1S/C27H44N7O16P3S/c1-4-5-6-7-11-54-12-10-29-18(35)8-9-30-25(38)22(37)27(2,3)14-47-53(44,45)50-52(42,43)46-13-17-21(49-51(39,40)41)20(36)26(48-17)34-16-33-19-23(28)31-15-32-24(19)34/h1,15-17,20-22,26,36-37H,5-14H2,2-3H3,(H,29,35)(H,30,38)(H,42,43)(H,44,45)(H2,28,31,32)(H2,39,40,41)/t17-,20-,21-,22+,26-/m1/s1. The van der Waals surface area contributed by atoms with Gasteiger partial charge >= 0.3 is 23.5 Å². The lowest BCUT2D eigenvalue weighted by Crippen LogP contribution is -2.46. The number of unbranched alkanes of at least 4 members (excludes halogenated alkanes) is 2. The molecule has 1 saturated heterocycles. The lowest BCUT2D eigenvalue weighted by molar-refractivity contribution is -0.137. The number of hydrogen-bond acceptors (Lipinski definition) is 17. The van der Waals surface area contributed by atoms with Crippen molar-refractivity contribution >= 4 is 64.0 Å². The number of aliphatic hydroxyl groups excluding tert-OH is 2. The molecule has 3 heterocycles. The fourth-order valence-electron chi connectivity index (χ4n) is 4.74. The molecule has 54 heavy (non-hydrogen) atoms. The van der Waals surface area contributed by atoms with Crippen molar-refractivity contribution in [3.63, 3.8) is 0 Å². The number of thioether (sulfide) groups is 1. The van der Waals surface area contributed by atoms with Crippen LogP contribution in [0.2, 0.25) is 0 Å². The zero-order valence-corrected chi connectivity index (χ0v) is 32.6. The second-order valence-electron chi connectivity index (χ2n) is 12.3. The molecule has 10 N–H and O–H groups in total. The van der Waals surface area contributed by atoms with E-state index >= 15 is 0 Å². The molecule has 1 aliphatic rings. The minimum atomic E-state index is -5.55. The number of imidazole rings is 1. The summed E-state index contributed by atoms with van der Waals surface area (Å²) in [6.45, 7) is 0.857. The van der Waals surface area contributed by atoms with Crippen molar-refractivity contribution < 1.29 is 75.7 Å². The van der Waals surface area contributed by atoms with Crippen LogP contribution in [0.1, 0.15) is 45.8 Å². The van der Waals surface area contributed by atoms with E-state index in [9.17, 15) is 53.1 Å². The summed E-state index contributed by atoms with van der Waals surface area (Å²) in [6.07, 6.45) is 1.10. The third-order valence-electron chi connectivity index (χ3n) is 7.51. The third-order valence-corrected chi connectivity index (χ3v) is 11.7. The minimum Gasteiger partial charge on any atom is -0.386 e. The number of aliphatic hydroxyl groups is 2.